The molecule has 116 valence electrons. The molecule has 0 spiro atoms. The van der Waals surface area contributed by atoms with E-state index in [1.165, 1.54) is 19.3 Å². The van der Waals surface area contributed by atoms with Crippen LogP contribution in [0, 0.1) is 0 Å². The van der Waals surface area contributed by atoms with Crippen LogP contribution in [0.1, 0.15) is 44.9 Å². The normalized spacial score (nSPS) is 26.2. The summed E-state index contributed by atoms with van der Waals surface area (Å²) in [7, 11) is 1.80. The van der Waals surface area contributed by atoms with E-state index >= 15 is 0 Å². The maximum Gasteiger partial charge on any atom is 0.222 e. The third kappa shape index (κ3) is 4.72. The van der Waals surface area contributed by atoms with Gasteiger partial charge in [-0.2, -0.15) is 0 Å². The number of carbonyl (C=O) groups is 1. The molecule has 1 amide bonds. The van der Waals surface area contributed by atoms with Crippen LogP contribution in [-0.2, 0) is 9.53 Å². The Labute approximate surface area is 121 Å². The molecule has 0 radical (unpaired) electrons. The predicted molar refractivity (Wildman–Crippen MR) is 77.5 cm³/mol. The Balaban J connectivity index is 1.70. The molecule has 2 saturated heterocycles. The fourth-order valence-corrected chi connectivity index (χ4v) is 3.10. The van der Waals surface area contributed by atoms with E-state index in [4.69, 9.17) is 4.74 Å². The Hall–Kier alpha value is -0.650. The number of nitrogens with zero attached hydrogens (tertiary/aromatic N) is 1. The van der Waals surface area contributed by atoms with Gasteiger partial charge in [0.15, 0.2) is 0 Å². The molecule has 5 nitrogen and oxygen atoms in total. The first-order chi connectivity index (χ1) is 9.59. The van der Waals surface area contributed by atoms with Gasteiger partial charge in [0.1, 0.15) is 0 Å². The minimum atomic E-state index is -0.758. The average Bonchev–Trinajstić information content (AvgIpc) is 2.46. The molecule has 0 saturated carbocycles. The van der Waals surface area contributed by atoms with Crippen LogP contribution in [0.5, 0.6) is 0 Å². The SMILES string of the molecule is CN(CC1(O)CCOCC1)C(=O)CCC1CCCCN1. The van der Waals surface area contributed by atoms with Crippen LogP contribution in [0.25, 0.3) is 0 Å². The van der Waals surface area contributed by atoms with Crippen LogP contribution in [0.2, 0.25) is 0 Å². The van der Waals surface area contributed by atoms with Crippen LogP contribution < -0.4 is 5.32 Å². The standard InChI is InChI=1S/C15H28N2O3/c1-17(12-15(19)7-10-20-11-8-15)14(18)6-5-13-4-2-3-9-16-13/h13,16,19H,2-12H2,1H3. The fraction of sp³-hybridized carbons (Fsp3) is 0.933. The minimum Gasteiger partial charge on any atom is -0.388 e. The molecule has 1 unspecified atom stereocenters. The predicted octanol–water partition coefficient (Wildman–Crippen LogP) is 0.909. The molecule has 0 aromatic heterocycles. The van der Waals surface area contributed by atoms with Gasteiger partial charge in [0.05, 0.1) is 5.60 Å². The van der Waals surface area contributed by atoms with Crippen molar-refractivity contribution in [3.05, 3.63) is 0 Å². The van der Waals surface area contributed by atoms with Crippen LogP contribution in [0.15, 0.2) is 0 Å². The number of hydrogen-bond donors (Lipinski definition) is 2. The molecule has 2 aliphatic heterocycles. The van der Waals surface area contributed by atoms with Gasteiger partial charge in [-0.05, 0) is 25.8 Å². The van der Waals surface area contributed by atoms with Crippen molar-refractivity contribution in [3.63, 3.8) is 0 Å². The van der Waals surface area contributed by atoms with E-state index in [1.54, 1.807) is 11.9 Å². The molecule has 0 aromatic carbocycles. The number of hydrogen-bond acceptors (Lipinski definition) is 4. The van der Waals surface area contributed by atoms with Gasteiger partial charge >= 0.3 is 0 Å². The summed E-state index contributed by atoms with van der Waals surface area (Å²) in [6.45, 7) is 2.68. The summed E-state index contributed by atoms with van der Waals surface area (Å²) in [6.07, 6.45) is 6.41. The highest BCUT2D eigenvalue weighted by molar-refractivity contribution is 5.76. The summed E-state index contributed by atoms with van der Waals surface area (Å²) in [4.78, 5) is 13.8. The van der Waals surface area contributed by atoms with Crippen molar-refractivity contribution >= 4 is 5.91 Å². The maximum absolute atomic E-state index is 12.2. The maximum atomic E-state index is 12.2. The van der Waals surface area contributed by atoms with E-state index in [0.29, 0.717) is 45.1 Å². The van der Waals surface area contributed by atoms with E-state index in [2.05, 4.69) is 5.32 Å². The molecule has 5 heteroatoms. The lowest BCUT2D eigenvalue weighted by Gasteiger charge is -2.35. The van der Waals surface area contributed by atoms with Crippen LogP contribution >= 0.6 is 0 Å². The number of amides is 1. The first-order valence-corrected chi connectivity index (χ1v) is 7.87. The number of carbonyl (C=O) groups excluding carboxylic acids is 1. The van der Waals surface area contributed by atoms with Crippen molar-refractivity contribution in [1.29, 1.82) is 0 Å². The van der Waals surface area contributed by atoms with Gasteiger partial charge in [0.25, 0.3) is 0 Å². The van der Waals surface area contributed by atoms with Crippen LogP contribution in [-0.4, -0.2) is 60.9 Å². The summed E-state index contributed by atoms with van der Waals surface area (Å²) in [5, 5.41) is 13.9. The first kappa shape index (κ1) is 15.7. The third-order valence-corrected chi connectivity index (χ3v) is 4.50. The van der Waals surface area contributed by atoms with E-state index in [0.717, 1.165) is 13.0 Å². The van der Waals surface area contributed by atoms with Crippen molar-refractivity contribution < 1.29 is 14.6 Å². The zero-order valence-electron chi connectivity index (χ0n) is 12.6. The number of rotatable bonds is 5. The summed E-state index contributed by atoms with van der Waals surface area (Å²) in [5.41, 5.74) is -0.758. The summed E-state index contributed by atoms with van der Waals surface area (Å²) in [5.74, 6) is 0.136. The van der Waals surface area contributed by atoms with E-state index < -0.39 is 5.60 Å². The second-order valence-electron chi connectivity index (χ2n) is 6.27. The van der Waals surface area contributed by atoms with Gasteiger partial charge in [-0.3, -0.25) is 4.79 Å². The Morgan fingerprint density at radius 2 is 2.15 bits per heavy atom. The second kappa shape index (κ2) is 7.38. The lowest BCUT2D eigenvalue weighted by molar-refractivity contribution is -0.137. The van der Waals surface area contributed by atoms with Gasteiger partial charge < -0.3 is 20.1 Å². The van der Waals surface area contributed by atoms with Gasteiger partial charge in [-0.15, -0.1) is 0 Å². The van der Waals surface area contributed by atoms with Crippen molar-refractivity contribution in [2.45, 2.75) is 56.6 Å². The lowest BCUT2D eigenvalue weighted by atomic mass is 9.93. The Bertz CT molecular complexity index is 310. The molecule has 2 rings (SSSR count). The number of likely N-dealkylation sites (N-methyl/N-ethyl adjacent to an activating group) is 1. The Kier molecular flexibility index (Phi) is 5.81. The van der Waals surface area contributed by atoms with Gasteiger partial charge in [-0.25, -0.2) is 0 Å². The first-order valence-electron chi connectivity index (χ1n) is 7.87. The Morgan fingerprint density at radius 3 is 2.80 bits per heavy atom. The topological polar surface area (TPSA) is 61.8 Å². The van der Waals surface area contributed by atoms with Gasteiger partial charge in [-0.1, -0.05) is 6.42 Å². The van der Waals surface area contributed by atoms with Crippen LogP contribution in [0.3, 0.4) is 0 Å². The van der Waals surface area contributed by atoms with Crippen molar-refractivity contribution in [1.82, 2.24) is 10.2 Å². The molecule has 0 aromatic rings. The van der Waals surface area contributed by atoms with E-state index in [9.17, 15) is 9.90 Å². The minimum absolute atomic E-state index is 0.136. The number of ether oxygens (including phenoxy) is 1. The average molecular weight is 284 g/mol. The second-order valence-corrected chi connectivity index (χ2v) is 6.27. The summed E-state index contributed by atoms with van der Waals surface area (Å²) < 4.78 is 5.26. The number of piperidine rings is 1. The fourth-order valence-electron chi connectivity index (χ4n) is 3.10. The molecule has 0 aliphatic carbocycles. The Morgan fingerprint density at radius 1 is 1.40 bits per heavy atom. The van der Waals surface area contributed by atoms with E-state index in [1.807, 2.05) is 0 Å². The molecular weight excluding hydrogens is 256 g/mol. The molecule has 2 heterocycles. The van der Waals surface area contributed by atoms with Crippen molar-refractivity contribution in [2.24, 2.45) is 0 Å². The van der Waals surface area contributed by atoms with Gasteiger partial charge in [0.2, 0.25) is 5.91 Å². The highest BCUT2D eigenvalue weighted by Crippen LogP contribution is 2.22. The molecule has 1 atom stereocenters. The van der Waals surface area contributed by atoms with Crippen molar-refractivity contribution in [3.8, 4) is 0 Å². The quantitative estimate of drug-likeness (QED) is 0.788. The van der Waals surface area contributed by atoms with Crippen molar-refractivity contribution in [2.75, 3.05) is 33.4 Å². The number of nitrogens with one attached hydrogen (secondary N) is 1. The van der Waals surface area contributed by atoms with E-state index in [-0.39, 0.29) is 5.91 Å². The molecule has 2 N–H and O–H groups in total. The summed E-state index contributed by atoms with van der Waals surface area (Å²) in [6, 6.07) is 0.493. The molecule has 2 aliphatic rings. The smallest absolute Gasteiger partial charge is 0.222 e. The largest absolute Gasteiger partial charge is 0.388 e. The third-order valence-electron chi connectivity index (χ3n) is 4.50. The lowest BCUT2D eigenvalue weighted by Crippen LogP contribution is -2.47. The highest BCUT2D eigenvalue weighted by atomic mass is 16.5. The zero-order chi connectivity index (χ0) is 14.4. The molecule has 2 fully saturated rings. The molecule has 20 heavy (non-hydrogen) atoms. The molecular formula is C15H28N2O3. The number of aliphatic hydroxyl groups is 1. The van der Waals surface area contributed by atoms with Crippen LogP contribution in [0.4, 0.5) is 0 Å². The molecule has 0 bridgehead atoms. The zero-order valence-corrected chi connectivity index (χ0v) is 12.6. The monoisotopic (exact) mass is 284 g/mol. The summed E-state index contributed by atoms with van der Waals surface area (Å²) >= 11 is 0. The van der Waals surface area contributed by atoms with Gasteiger partial charge in [0, 0.05) is 52.1 Å². The highest BCUT2D eigenvalue weighted by Gasteiger charge is 2.32.